The van der Waals surface area contributed by atoms with Gasteiger partial charge in [-0.2, -0.15) is 0 Å². The van der Waals surface area contributed by atoms with Crippen LogP contribution in [0.1, 0.15) is 10.4 Å². The molecular weight excluding hydrogens is 208 g/mol. The SMILES string of the molecule is COc1cc(C=O)cc(O[Si](C)(C)C)c1. The lowest BCUT2D eigenvalue weighted by molar-refractivity contribution is 0.112. The summed E-state index contributed by atoms with van der Waals surface area (Å²) < 4.78 is 10.9. The van der Waals surface area contributed by atoms with Gasteiger partial charge < -0.3 is 9.16 Å². The first kappa shape index (κ1) is 11.8. The molecule has 0 aliphatic rings. The van der Waals surface area contributed by atoms with Gasteiger partial charge in [-0.25, -0.2) is 0 Å². The largest absolute Gasteiger partial charge is 0.544 e. The van der Waals surface area contributed by atoms with Gasteiger partial charge in [0.2, 0.25) is 8.32 Å². The minimum atomic E-state index is -1.64. The number of carbonyl (C=O) groups excluding carboxylic acids is 1. The minimum absolute atomic E-state index is 0.572. The second kappa shape index (κ2) is 4.48. The number of hydrogen-bond acceptors (Lipinski definition) is 3. The second-order valence-corrected chi connectivity index (χ2v) is 8.70. The number of methoxy groups -OCH3 is 1. The number of rotatable bonds is 4. The Labute approximate surface area is 91.1 Å². The van der Waals surface area contributed by atoms with Crippen LogP contribution in [0, 0.1) is 0 Å². The molecule has 0 spiro atoms. The van der Waals surface area contributed by atoms with Crippen LogP contribution in [0.15, 0.2) is 18.2 Å². The van der Waals surface area contributed by atoms with Gasteiger partial charge in [0.15, 0.2) is 0 Å². The van der Waals surface area contributed by atoms with E-state index in [9.17, 15) is 4.79 Å². The molecule has 0 radical (unpaired) electrons. The van der Waals surface area contributed by atoms with E-state index in [2.05, 4.69) is 19.6 Å². The molecule has 0 amide bonds. The van der Waals surface area contributed by atoms with Crippen molar-refractivity contribution in [3.8, 4) is 11.5 Å². The summed E-state index contributed by atoms with van der Waals surface area (Å²) in [5, 5.41) is 0. The molecule has 0 unspecified atom stereocenters. The fourth-order valence-electron chi connectivity index (χ4n) is 1.19. The van der Waals surface area contributed by atoms with Crippen molar-refractivity contribution >= 4 is 14.6 Å². The molecule has 0 fully saturated rings. The first-order valence-electron chi connectivity index (χ1n) is 4.78. The Morgan fingerprint density at radius 1 is 1.13 bits per heavy atom. The number of benzene rings is 1. The van der Waals surface area contributed by atoms with Gasteiger partial charge >= 0.3 is 0 Å². The molecule has 0 heterocycles. The number of hydrogen-bond donors (Lipinski definition) is 0. The second-order valence-electron chi connectivity index (χ2n) is 4.27. The Kier molecular flexibility index (Phi) is 3.52. The molecule has 1 aromatic carbocycles. The van der Waals surface area contributed by atoms with Crippen molar-refractivity contribution in [1.29, 1.82) is 0 Å². The summed E-state index contributed by atoms with van der Waals surface area (Å²) in [6, 6.07) is 5.21. The van der Waals surface area contributed by atoms with Crippen molar-refractivity contribution in [3.63, 3.8) is 0 Å². The van der Waals surface area contributed by atoms with Gasteiger partial charge in [0.25, 0.3) is 0 Å². The third kappa shape index (κ3) is 3.75. The Morgan fingerprint density at radius 2 is 1.73 bits per heavy atom. The lowest BCUT2D eigenvalue weighted by Crippen LogP contribution is -2.29. The summed E-state index contributed by atoms with van der Waals surface area (Å²) in [4.78, 5) is 10.7. The highest BCUT2D eigenvalue weighted by molar-refractivity contribution is 6.70. The first-order valence-corrected chi connectivity index (χ1v) is 8.19. The summed E-state index contributed by atoms with van der Waals surface area (Å²) >= 11 is 0. The maximum absolute atomic E-state index is 10.7. The molecule has 0 saturated heterocycles. The molecule has 1 rings (SSSR count). The maximum atomic E-state index is 10.7. The van der Waals surface area contributed by atoms with Crippen molar-refractivity contribution in [2.45, 2.75) is 19.6 Å². The first-order chi connectivity index (χ1) is 6.94. The van der Waals surface area contributed by atoms with Crippen LogP contribution >= 0.6 is 0 Å². The average Bonchev–Trinajstić information content (AvgIpc) is 2.14. The monoisotopic (exact) mass is 224 g/mol. The molecule has 82 valence electrons. The van der Waals surface area contributed by atoms with Crippen LogP contribution in [0.25, 0.3) is 0 Å². The van der Waals surface area contributed by atoms with Gasteiger partial charge in [-0.1, -0.05) is 0 Å². The van der Waals surface area contributed by atoms with Crippen molar-refractivity contribution < 1.29 is 14.0 Å². The molecule has 0 bridgehead atoms. The zero-order valence-electron chi connectivity index (χ0n) is 9.53. The van der Waals surface area contributed by atoms with Crippen LogP contribution in [0.5, 0.6) is 11.5 Å². The lowest BCUT2D eigenvalue weighted by Gasteiger charge is -2.19. The molecule has 15 heavy (non-hydrogen) atoms. The van der Waals surface area contributed by atoms with Crippen LogP contribution in [0.2, 0.25) is 19.6 Å². The third-order valence-electron chi connectivity index (χ3n) is 1.70. The standard InChI is InChI=1S/C11H16O3Si/c1-13-10-5-9(8-12)6-11(7-10)14-15(2,3)4/h5-8H,1-4H3. The number of carbonyl (C=O) groups is 1. The van der Waals surface area contributed by atoms with E-state index in [0.29, 0.717) is 17.1 Å². The summed E-state index contributed by atoms with van der Waals surface area (Å²) in [5.41, 5.74) is 0.572. The highest BCUT2D eigenvalue weighted by Crippen LogP contribution is 2.24. The molecule has 3 nitrogen and oxygen atoms in total. The predicted octanol–water partition coefficient (Wildman–Crippen LogP) is 2.72. The maximum Gasteiger partial charge on any atom is 0.242 e. The smallest absolute Gasteiger partial charge is 0.242 e. The molecule has 0 atom stereocenters. The van der Waals surface area contributed by atoms with Crippen molar-refractivity contribution in [3.05, 3.63) is 23.8 Å². The molecule has 1 aromatic rings. The third-order valence-corrected chi connectivity index (χ3v) is 2.55. The van der Waals surface area contributed by atoms with Gasteiger partial charge in [-0.05, 0) is 31.8 Å². The van der Waals surface area contributed by atoms with E-state index >= 15 is 0 Å². The Balaban J connectivity index is 3.02. The molecule has 0 aliphatic carbocycles. The quantitative estimate of drug-likeness (QED) is 0.582. The summed E-state index contributed by atoms with van der Waals surface area (Å²) in [6.07, 6.45) is 0.791. The highest BCUT2D eigenvalue weighted by Gasteiger charge is 2.16. The van der Waals surface area contributed by atoms with E-state index in [4.69, 9.17) is 9.16 Å². The summed E-state index contributed by atoms with van der Waals surface area (Å²) in [5.74, 6) is 1.35. The van der Waals surface area contributed by atoms with E-state index in [1.807, 2.05) is 0 Å². The fourth-order valence-corrected chi connectivity index (χ4v) is 2.02. The van der Waals surface area contributed by atoms with Gasteiger partial charge in [0, 0.05) is 11.6 Å². The lowest BCUT2D eigenvalue weighted by atomic mass is 10.2. The van der Waals surface area contributed by atoms with Crippen LogP contribution in [-0.4, -0.2) is 21.7 Å². The van der Waals surface area contributed by atoms with Crippen molar-refractivity contribution in [2.75, 3.05) is 7.11 Å². The molecular formula is C11H16O3Si. The molecule has 4 heteroatoms. The van der Waals surface area contributed by atoms with E-state index < -0.39 is 8.32 Å². The number of ether oxygens (including phenoxy) is 1. The predicted molar refractivity (Wildman–Crippen MR) is 62.4 cm³/mol. The number of aldehydes is 1. The summed E-state index contributed by atoms with van der Waals surface area (Å²) in [6.45, 7) is 6.27. The van der Waals surface area contributed by atoms with E-state index in [1.165, 1.54) is 0 Å². The van der Waals surface area contributed by atoms with E-state index in [-0.39, 0.29) is 0 Å². The van der Waals surface area contributed by atoms with Crippen molar-refractivity contribution in [1.82, 2.24) is 0 Å². The topological polar surface area (TPSA) is 35.5 Å². The Hall–Kier alpha value is -1.29. The fraction of sp³-hybridized carbons (Fsp3) is 0.364. The zero-order chi connectivity index (χ0) is 11.5. The van der Waals surface area contributed by atoms with Crippen LogP contribution in [0.4, 0.5) is 0 Å². The highest BCUT2D eigenvalue weighted by atomic mass is 28.4. The van der Waals surface area contributed by atoms with Gasteiger partial charge in [-0.15, -0.1) is 0 Å². The van der Waals surface area contributed by atoms with Gasteiger partial charge in [-0.3, -0.25) is 4.79 Å². The van der Waals surface area contributed by atoms with Gasteiger partial charge in [0.1, 0.15) is 17.8 Å². The van der Waals surface area contributed by atoms with E-state index in [1.54, 1.807) is 25.3 Å². The molecule has 0 N–H and O–H groups in total. The normalized spacial score (nSPS) is 10.9. The molecule has 0 aromatic heterocycles. The average molecular weight is 224 g/mol. The zero-order valence-corrected chi connectivity index (χ0v) is 10.5. The molecule has 0 saturated carbocycles. The Bertz CT molecular complexity index is 355. The van der Waals surface area contributed by atoms with Crippen LogP contribution in [0.3, 0.4) is 0 Å². The van der Waals surface area contributed by atoms with Crippen molar-refractivity contribution in [2.24, 2.45) is 0 Å². The Morgan fingerprint density at radius 3 is 2.20 bits per heavy atom. The minimum Gasteiger partial charge on any atom is -0.544 e. The van der Waals surface area contributed by atoms with Gasteiger partial charge in [0.05, 0.1) is 7.11 Å². The van der Waals surface area contributed by atoms with Crippen LogP contribution < -0.4 is 9.16 Å². The molecule has 0 aliphatic heterocycles. The summed E-state index contributed by atoms with van der Waals surface area (Å²) in [7, 11) is -0.0693. The van der Waals surface area contributed by atoms with Crippen LogP contribution in [-0.2, 0) is 0 Å². The van der Waals surface area contributed by atoms with E-state index in [0.717, 1.165) is 6.29 Å².